The predicted molar refractivity (Wildman–Crippen MR) is 74.9 cm³/mol. The van der Waals surface area contributed by atoms with Crippen molar-refractivity contribution in [3.05, 3.63) is 36.2 Å². The number of hydrogen-bond donors (Lipinski definition) is 1. The molecule has 0 spiro atoms. The second kappa shape index (κ2) is 6.92. The van der Waals surface area contributed by atoms with Crippen LogP contribution in [-0.4, -0.2) is 23.5 Å². The van der Waals surface area contributed by atoms with Crippen LogP contribution in [0.5, 0.6) is 11.5 Å². The second-order valence-corrected chi connectivity index (χ2v) is 4.27. The lowest BCUT2D eigenvalue weighted by Crippen LogP contribution is -2.08. The number of para-hydroxylation sites is 1. The van der Waals surface area contributed by atoms with Gasteiger partial charge in [-0.3, -0.25) is 4.68 Å². The normalized spacial score (nSPS) is 10.7. The van der Waals surface area contributed by atoms with E-state index in [-0.39, 0.29) is 11.5 Å². The molecule has 0 atom stereocenters. The van der Waals surface area contributed by atoms with Crippen molar-refractivity contribution in [1.82, 2.24) is 9.78 Å². The van der Waals surface area contributed by atoms with Crippen LogP contribution in [0.2, 0.25) is 0 Å². The molecule has 7 heteroatoms. The Kier molecular flexibility index (Phi) is 4.97. The van der Waals surface area contributed by atoms with Crippen LogP contribution in [0.3, 0.4) is 0 Å². The Hall–Kier alpha value is -2.31. The zero-order valence-corrected chi connectivity index (χ0v) is 11.8. The van der Waals surface area contributed by atoms with Gasteiger partial charge in [0.1, 0.15) is 0 Å². The first-order chi connectivity index (χ1) is 10.1. The number of benzene rings is 1. The van der Waals surface area contributed by atoms with E-state index in [1.807, 2.05) is 13.1 Å². The van der Waals surface area contributed by atoms with E-state index in [1.165, 1.54) is 7.11 Å². The molecule has 0 saturated carbocycles. The molecule has 21 heavy (non-hydrogen) atoms. The lowest BCUT2D eigenvalue weighted by molar-refractivity contribution is -0.0517. The summed E-state index contributed by atoms with van der Waals surface area (Å²) in [7, 11) is 1.41. The van der Waals surface area contributed by atoms with Crippen molar-refractivity contribution >= 4 is 5.69 Å². The van der Waals surface area contributed by atoms with E-state index in [4.69, 9.17) is 4.74 Å². The number of hydrogen-bond acceptors (Lipinski definition) is 4. The molecule has 0 aliphatic rings. The molecule has 1 heterocycles. The Morgan fingerprint density at radius 1 is 1.38 bits per heavy atom. The SMILES string of the molecule is CCn1cc(NCc2cccc(OC)c2OC(F)F)cn1. The van der Waals surface area contributed by atoms with Crippen LogP contribution < -0.4 is 14.8 Å². The van der Waals surface area contributed by atoms with Gasteiger partial charge in [0.2, 0.25) is 0 Å². The quantitative estimate of drug-likeness (QED) is 0.853. The topological polar surface area (TPSA) is 48.3 Å². The third kappa shape index (κ3) is 3.84. The molecule has 1 aromatic carbocycles. The Balaban J connectivity index is 2.14. The van der Waals surface area contributed by atoms with Crippen molar-refractivity contribution in [3.63, 3.8) is 0 Å². The molecule has 0 bridgehead atoms. The van der Waals surface area contributed by atoms with Gasteiger partial charge in [-0.25, -0.2) is 0 Å². The molecule has 114 valence electrons. The third-order valence-electron chi connectivity index (χ3n) is 2.93. The Morgan fingerprint density at radius 2 is 2.19 bits per heavy atom. The molecule has 0 unspecified atom stereocenters. The number of nitrogens with zero attached hydrogens (tertiary/aromatic N) is 2. The Bertz CT molecular complexity index is 587. The number of rotatable bonds is 7. The molecule has 0 aliphatic carbocycles. The summed E-state index contributed by atoms with van der Waals surface area (Å²) in [6.07, 6.45) is 3.52. The molecule has 2 rings (SSSR count). The summed E-state index contributed by atoms with van der Waals surface area (Å²) in [6, 6.07) is 5.01. The average molecular weight is 297 g/mol. The first-order valence-corrected chi connectivity index (χ1v) is 6.51. The van der Waals surface area contributed by atoms with E-state index < -0.39 is 6.61 Å². The van der Waals surface area contributed by atoms with Crippen LogP contribution in [0, 0.1) is 0 Å². The highest BCUT2D eigenvalue weighted by molar-refractivity contribution is 5.49. The first kappa shape index (κ1) is 15.1. The lowest BCUT2D eigenvalue weighted by Gasteiger charge is -2.14. The Morgan fingerprint density at radius 3 is 2.81 bits per heavy atom. The maximum Gasteiger partial charge on any atom is 0.387 e. The number of ether oxygens (including phenoxy) is 2. The summed E-state index contributed by atoms with van der Waals surface area (Å²) < 4.78 is 36.4. The van der Waals surface area contributed by atoms with Gasteiger partial charge in [-0.2, -0.15) is 13.9 Å². The van der Waals surface area contributed by atoms with Crippen LogP contribution in [0.1, 0.15) is 12.5 Å². The maximum absolute atomic E-state index is 12.5. The number of methoxy groups -OCH3 is 1. The van der Waals surface area contributed by atoms with Crippen molar-refractivity contribution in [1.29, 1.82) is 0 Å². The van der Waals surface area contributed by atoms with Crippen LogP contribution >= 0.6 is 0 Å². The third-order valence-corrected chi connectivity index (χ3v) is 2.93. The van der Waals surface area contributed by atoms with Crippen LogP contribution in [0.4, 0.5) is 14.5 Å². The van der Waals surface area contributed by atoms with Gasteiger partial charge in [0.05, 0.1) is 19.0 Å². The summed E-state index contributed by atoms with van der Waals surface area (Å²) >= 11 is 0. The van der Waals surface area contributed by atoms with E-state index in [0.29, 0.717) is 12.1 Å². The van der Waals surface area contributed by atoms with Gasteiger partial charge >= 0.3 is 6.61 Å². The first-order valence-electron chi connectivity index (χ1n) is 6.51. The van der Waals surface area contributed by atoms with E-state index in [2.05, 4.69) is 15.2 Å². The van der Waals surface area contributed by atoms with Gasteiger partial charge in [0.15, 0.2) is 11.5 Å². The molecule has 1 N–H and O–H groups in total. The summed E-state index contributed by atoms with van der Waals surface area (Å²) in [4.78, 5) is 0. The van der Waals surface area contributed by atoms with Crippen molar-refractivity contribution in [2.24, 2.45) is 0 Å². The minimum absolute atomic E-state index is 0.0467. The number of aromatic nitrogens is 2. The van der Waals surface area contributed by atoms with E-state index in [0.717, 1.165) is 12.2 Å². The molecule has 0 fully saturated rings. The molecule has 2 aromatic rings. The zero-order valence-electron chi connectivity index (χ0n) is 11.8. The van der Waals surface area contributed by atoms with Crippen molar-refractivity contribution in [2.75, 3.05) is 12.4 Å². The summed E-state index contributed by atoms with van der Waals surface area (Å²) in [5, 5.41) is 7.25. The molecule has 0 aliphatic heterocycles. The molecular formula is C14H17F2N3O2. The van der Waals surface area contributed by atoms with Crippen molar-refractivity contribution in [2.45, 2.75) is 26.6 Å². The van der Waals surface area contributed by atoms with Crippen LogP contribution in [0.25, 0.3) is 0 Å². The molecule has 0 amide bonds. The largest absolute Gasteiger partial charge is 0.493 e. The zero-order chi connectivity index (χ0) is 15.2. The van der Waals surface area contributed by atoms with Gasteiger partial charge < -0.3 is 14.8 Å². The van der Waals surface area contributed by atoms with Gasteiger partial charge in [-0.15, -0.1) is 0 Å². The summed E-state index contributed by atoms with van der Waals surface area (Å²) in [6.45, 7) is 0.172. The average Bonchev–Trinajstić information content (AvgIpc) is 2.93. The van der Waals surface area contributed by atoms with Crippen molar-refractivity contribution in [3.8, 4) is 11.5 Å². The second-order valence-electron chi connectivity index (χ2n) is 4.27. The van der Waals surface area contributed by atoms with E-state index in [9.17, 15) is 8.78 Å². The van der Waals surface area contributed by atoms with Gasteiger partial charge in [-0.05, 0) is 13.0 Å². The molecule has 5 nitrogen and oxygen atoms in total. The van der Waals surface area contributed by atoms with E-state index in [1.54, 1.807) is 29.1 Å². The molecular weight excluding hydrogens is 280 g/mol. The van der Waals surface area contributed by atoms with E-state index >= 15 is 0 Å². The maximum atomic E-state index is 12.5. The highest BCUT2D eigenvalue weighted by Gasteiger charge is 2.15. The van der Waals surface area contributed by atoms with Crippen molar-refractivity contribution < 1.29 is 18.3 Å². The predicted octanol–water partition coefficient (Wildman–Crippen LogP) is 3.13. The highest BCUT2D eigenvalue weighted by atomic mass is 19.3. The number of alkyl halides is 2. The monoisotopic (exact) mass is 297 g/mol. The minimum atomic E-state index is -2.90. The molecule has 1 aromatic heterocycles. The fourth-order valence-corrected chi connectivity index (χ4v) is 1.91. The fourth-order valence-electron chi connectivity index (χ4n) is 1.91. The Labute approximate surface area is 121 Å². The minimum Gasteiger partial charge on any atom is -0.493 e. The lowest BCUT2D eigenvalue weighted by atomic mass is 10.2. The smallest absolute Gasteiger partial charge is 0.387 e. The van der Waals surface area contributed by atoms with Gasteiger partial charge in [0, 0.05) is 24.8 Å². The van der Waals surface area contributed by atoms with Gasteiger partial charge in [0.25, 0.3) is 0 Å². The standard InChI is InChI=1S/C14H17F2N3O2/c1-3-19-9-11(8-18-19)17-7-10-5-4-6-12(20-2)13(10)21-14(15)16/h4-6,8-9,14,17H,3,7H2,1-2H3. The summed E-state index contributed by atoms with van der Waals surface area (Å²) in [5.41, 5.74) is 1.39. The molecule has 0 radical (unpaired) electrons. The highest BCUT2D eigenvalue weighted by Crippen LogP contribution is 2.32. The number of halogens is 2. The fraction of sp³-hybridized carbons (Fsp3) is 0.357. The summed E-state index contributed by atoms with van der Waals surface area (Å²) in [5.74, 6) is 0.323. The number of anilines is 1. The number of nitrogens with one attached hydrogen (secondary N) is 1. The van der Waals surface area contributed by atoms with Crippen LogP contribution in [-0.2, 0) is 13.1 Å². The van der Waals surface area contributed by atoms with Gasteiger partial charge in [-0.1, -0.05) is 12.1 Å². The van der Waals surface area contributed by atoms with Crippen LogP contribution in [0.15, 0.2) is 30.6 Å². The number of aryl methyl sites for hydroxylation is 1. The molecule has 0 saturated heterocycles.